The van der Waals surface area contributed by atoms with Crippen LogP contribution < -0.4 is 0 Å². The van der Waals surface area contributed by atoms with E-state index in [1.165, 1.54) is 6.42 Å². The molecule has 0 aromatic rings. The highest BCUT2D eigenvalue weighted by Gasteiger charge is 2.65. The maximum absolute atomic E-state index is 4.07. The zero-order valence-electron chi connectivity index (χ0n) is 10.6. The van der Waals surface area contributed by atoms with Gasteiger partial charge in [0.2, 0.25) is 0 Å². The molecule has 0 heterocycles. The van der Waals surface area contributed by atoms with Crippen LogP contribution in [-0.4, -0.2) is 0 Å². The molecule has 0 amide bonds. The first kappa shape index (κ1) is 9.74. The first-order valence-electron chi connectivity index (χ1n) is 7.35. The van der Waals surface area contributed by atoms with Gasteiger partial charge in [0.05, 0.1) is 0 Å². The summed E-state index contributed by atoms with van der Waals surface area (Å²) in [5.41, 5.74) is 0. The van der Waals surface area contributed by atoms with Crippen molar-refractivity contribution >= 4 is 0 Å². The summed E-state index contributed by atoms with van der Waals surface area (Å²) in [4.78, 5) is 0. The first-order chi connectivity index (χ1) is 7.72. The number of allylic oxidation sites excluding steroid dienone is 1. The van der Waals surface area contributed by atoms with Crippen molar-refractivity contribution in [3.8, 4) is 0 Å². The second-order valence-corrected chi connectivity index (χ2v) is 7.23. The van der Waals surface area contributed by atoms with Crippen molar-refractivity contribution in [2.75, 3.05) is 0 Å². The molecule has 0 nitrogen and oxygen atoms in total. The van der Waals surface area contributed by atoms with Crippen LogP contribution in [0.2, 0.25) is 0 Å². The van der Waals surface area contributed by atoms with Gasteiger partial charge in [-0.15, -0.1) is 6.58 Å². The minimum absolute atomic E-state index is 0.883. The van der Waals surface area contributed by atoms with Crippen molar-refractivity contribution in [2.24, 2.45) is 53.3 Å². The van der Waals surface area contributed by atoms with E-state index in [0.29, 0.717) is 0 Å². The molecule has 0 saturated heterocycles. The fourth-order valence-corrected chi connectivity index (χ4v) is 6.55. The molecular formula is C16H24. The molecule has 4 fully saturated rings. The molecule has 0 spiro atoms. The van der Waals surface area contributed by atoms with Gasteiger partial charge in [-0.3, -0.25) is 0 Å². The van der Waals surface area contributed by atoms with Crippen LogP contribution in [0.25, 0.3) is 0 Å². The Bertz CT molecular complexity index is 331. The summed E-state index contributed by atoms with van der Waals surface area (Å²) in [6, 6.07) is 0. The lowest BCUT2D eigenvalue weighted by Crippen LogP contribution is -2.38. The summed E-state index contributed by atoms with van der Waals surface area (Å²) >= 11 is 0. The van der Waals surface area contributed by atoms with Crippen LogP contribution in [0.1, 0.15) is 33.1 Å². The normalized spacial score (nSPS) is 66.2. The van der Waals surface area contributed by atoms with Crippen LogP contribution in [0.15, 0.2) is 12.7 Å². The van der Waals surface area contributed by atoms with E-state index in [4.69, 9.17) is 0 Å². The van der Waals surface area contributed by atoms with Gasteiger partial charge >= 0.3 is 0 Å². The molecule has 0 N–H and O–H groups in total. The lowest BCUT2D eigenvalue weighted by Gasteiger charge is -2.43. The van der Waals surface area contributed by atoms with Gasteiger partial charge in [-0.05, 0) is 72.5 Å². The highest BCUT2D eigenvalue weighted by molar-refractivity contribution is 5.15. The van der Waals surface area contributed by atoms with E-state index in [1.807, 2.05) is 0 Å². The number of rotatable bonds is 1. The largest absolute Gasteiger partial charge is 0.103 e. The zero-order valence-corrected chi connectivity index (χ0v) is 10.6. The van der Waals surface area contributed by atoms with Crippen molar-refractivity contribution in [3.63, 3.8) is 0 Å². The van der Waals surface area contributed by atoms with E-state index < -0.39 is 0 Å². The third-order valence-electron chi connectivity index (χ3n) is 7.20. The van der Waals surface area contributed by atoms with Crippen LogP contribution in [0.3, 0.4) is 0 Å². The molecule has 4 aliphatic carbocycles. The van der Waals surface area contributed by atoms with Gasteiger partial charge in [0.1, 0.15) is 0 Å². The molecule has 4 saturated carbocycles. The Kier molecular flexibility index (Phi) is 1.79. The molecule has 4 rings (SSSR count). The van der Waals surface area contributed by atoms with Gasteiger partial charge in [-0.2, -0.15) is 0 Å². The zero-order chi connectivity index (χ0) is 11.0. The Morgan fingerprint density at radius 3 is 2.25 bits per heavy atom. The van der Waals surface area contributed by atoms with Crippen molar-refractivity contribution in [2.45, 2.75) is 33.1 Å². The van der Waals surface area contributed by atoms with Crippen molar-refractivity contribution in [3.05, 3.63) is 12.7 Å². The van der Waals surface area contributed by atoms with Crippen LogP contribution in [0, 0.1) is 53.3 Å². The molecule has 9 atom stereocenters. The summed E-state index contributed by atoms with van der Waals surface area (Å²) < 4.78 is 0. The van der Waals surface area contributed by atoms with Gasteiger partial charge in [-0.25, -0.2) is 0 Å². The van der Waals surface area contributed by atoms with Crippen molar-refractivity contribution in [1.29, 1.82) is 0 Å². The van der Waals surface area contributed by atoms with Gasteiger partial charge in [0, 0.05) is 0 Å². The maximum Gasteiger partial charge on any atom is -0.0202 e. The lowest BCUT2D eigenvalue weighted by molar-refractivity contribution is 0.0568. The van der Waals surface area contributed by atoms with E-state index in [-0.39, 0.29) is 0 Å². The Morgan fingerprint density at radius 1 is 0.875 bits per heavy atom. The van der Waals surface area contributed by atoms with Crippen molar-refractivity contribution in [1.82, 2.24) is 0 Å². The molecule has 0 aromatic heterocycles. The highest BCUT2D eigenvalue weighted by atomic mass is 14.7. The average Bonchev–Trinajstić information content (AvgIpc) is 2.98. The number of hydrogen-bond acceptors (Lipinski definition) is 0. The molecule has 9 unspecified atom stereocenters. The fraction of sp³-hybridized carbons (Fsp3) is 0.875. The molecule has 4 aliphatic rings. The molecule has 88 valence electrons. The molecule has 16 heavy (non-hydrogen) atoms. The summed E-state index contributed by atoms with van der Waals surface area (Å²) in [5, 5.41) is 0. The summed E-state index contributed by atoms with van der Waals surface area (Å²) in [6.45, 7) is 9.13. The molecular weight excluding hydrogens is 192 g/mol. The maximum atomic E-state index is 4.07. The Morgan fingerprint density at radius 2 is 1.56 bits per heavy atom. The highest BCUT2D eigenvalue weighted by Crippen LogP contribution is 2.71. The fourth-order valence-electron chi connectivity index (χ4n) is 6.55. The van der Waals surface area contributed by atoms with Gasteiger partial charge in [0.25, 0.3) is 0 Å². The Labute approximate surface area is 99.5 Å². The smallest absolute Gasteiger partial charge is 0.0202 e. The molecule has 0 heteroatoms. The molecule has 0 radical (unpaired) electrons. The summed E-state index contributed by atoms with van der Waals surface area (Å²) in [7, 11) is 0. The lowest BCUT2D eigenvalue weighted by atomic mass is 9.62. The Balaban J connectivity index is 1.70. The second-order valence-electron chi connectivity index (χ2n) is 7.23. The SMILES string of the molecule is C=CC1CC2CC1C1C3CC(C(C)C3C)C21. The molecule has 0 aliphatic heterocycles. The quantitative estimate of drug-likeness (QED) is 0.459. The van der Waals surface area contributed by atoms with Gasteiger partial charge in [0.15, 0.2) is 0 Å². The summed E-state index contributed by atoms with van der Waals surface area (Å²) in [5.74, 6) is 9.47. The van der Waals surface area contributed by atoms with Crippen molar-refractivity contribution < 1.29 is 0 Å². The van der Waals surface area contributed by atoms with Crippen LogP contribution in [-0.2, 0) is 0 Å². The van der Waals surface area contributed by atoms with E-state index in [0.717, 1.165) is 53.3 Å². The number of fused-ring (bicyclic) bond motifs is 9. The van der Waals surface area contributed by atoms with Crippen LogP contribution in [0.4, 0.5) is 0 Å². The first-order valence-corrected chi connectivity index (χ1v) is 7.35. The predicted octanol–water partition coefficient (Wildman–Crippen LogP) is 3.98. The third kappa shape index (κ3) is 0.901. The van der Waals surface area contributed by atoms with E-state index in [1.54, 1.807) is 12.8 Å². The van der Waals surface area contributed by atoms with E-state index in [2.05, 4.69) is 26.5 Å². The Hall–Kier alpha value is -0.260. The average molecular weight is 216 g/mol. The van der Waals surface area contributed by atoms with Crippen LogP contribution in [0.5, 0.6) is 0 Å². The minimum Gasteiger partial charge on any atom is -0.103 e. The summed E-state index contributed by atoms with van der Waals surface area (Å²) in [6.07, 6.45) is 6.90. The molecule has 0 aromatic carbocycles. The van der Waals surface area contributed by atoms with Crippen LogP contribution >= 0.6 is 0 Å². The third-order valence-corrected chi connectivity index (χ3v) is 7.20. The minimum atomic E-state index is 0.883. The standard InChI is InChI=1S/C16H24/c1-4-10-5-11-6-14(10)16-13-7-12(15(11)16)8(2)9(13)3/h4,8-16H,1,5-7H2,2-3H3. The molecule has 4 bridgehead atoms. The second kappa shape index (κ2) is 2.94. The number of hydrogen-bond donors (Lipinski definition) is 0. The van der Waals surface area contributed by atoms with E-state index in [9.17, 15) is 0 Å². The monoisotopic (exact) mass is 216 g/mol. The predicted molar refractivity (Wildman–Crippen MR) is 66.8 cm³/mol. The van der Waals surface area contributed by atoms with Gasteiger partial charge in [-0.1, -0.05) is 19.9 Å². The van der Waals surface area contributed by atoms with E-state index >= 15 is 0 Å². The van der Waals surface area contributed by atoms with Gasteiger partial charge < -0.3 is 0 Å². The topological polar surface area (TPSA) is 0 Å².